The molecule has 2 N–H and O–H groups in total. The number of ether oxygens (including phenoxy) is 3. The zero-order chi connectivity index (χ0) is 36.1. The Labute approximate surface area is 302 Å². The number of aliphatic carboxylic acids is 2. The molecular formula is C39H43ClN4O7. The zero-order valence-corrected chi connectivity index (χ0v) is 29.9. The van der Waals surface area contributed by atoms with Crippen molar-refractivity contribution in [2.24, 2.45) is 0 Å². The summed E-state index contributed by atoms with van der Waals surface area (Å²) >= 11 is 6.67. The standard InChI is InChI=1S/C39H43ClN4O7/c1-24-29(8-4-12-35(24)50-22-28-15-14-26(19-41-28)20-43-16-6-10-33(43)38(45)46)30-9-5-13-36(25(30)2)51-23-32-31(40)18-27(37(42-32)49-3)21-44-17-7-11-34(44)39(47)48/h4-5,8-9,12-15,18-19,33-34H,6-7,10-11,16-17,20-23H2,1-3H3,(H,45,46)(H,47,48)/t33-,34-/m0/s1. The van der Waals surface area contributed by atoms with Crippen molar-refractivity contribution in [3.05, 3.63) is 99.5 Å². The molecular weight excluding hydrogens is 672 g/mol. The fraction of sp³-hybridized carbons (Fsp3) is 0.385. The first-order valence-corrected chi connectivity index (χ1v) is 17.6. The van der Waals surface area contributed by atoms with E-state index in [1.807, 2.05) is 60.0 Å². The van der Waals surface area contributed by atoms with Gasteiger partial charge in [0.25, 0.3) is 0 Å². The maximum atomic E-state index is 11.7. The number of rotatable bonds is 14. The number of benzene rings is 2. The highest BCUT2D eigenvalue weighted by molar-refractivity contribution is 6.31. The molecule has 0 radical (unpaired) electrons. The van der Waals surface area contributed by atoms with Crippen LogP contribution in [0.5, 0.6) is 17.4 Å². The van der Waals surface area contributed by atoms with Gasteiger partial charge >= 0.3 is 11.9 Å². The molecule has 2 aromatic heterocycles. The summed E-state index contributed by atoms with van der Waals surface area (Å²) in [6, 6.07) is 16.6. The molecule has 0 bridgehead atoms. The number of carbonyl (C=O) groups is 2. The van der Waals surface area contributed by atoms with Crippen LogP contribution >= 0.6 is 11.6 Å². The van der Waals surface area contributed by atoms with E-state index in [9.17, 15) is 19.8 Å². The lowest BCUT2D eigenvalue weighted by molar-refractivity contribution is -0.143. The van der Waals surface area contributed by atoms with E-state index >= 15 is 0 Å². The molecule has 0 saturated carbocycles. The van der Waals surface area contributed by atoms with Gasteiger partial charge in [-0.25, -0.2) is 4.98 Å². The summed E-state index contributed by atoms with van der Waals surface area (Å²) in [5, 5.41) is 19.5. The van der Waals surface area contributed by atoms with E-state index in [-0.39, 0.29) is 6.61 Å². The number of aromatic nitrogens is 2. The Bertz CT molecular complexity index is 1890. The Balaban J connectivity index is 1.11. The van der Waals surface area contributed by atoms with Gasteiger partial charge in [0.05, 0.1) is 17.8 Å². The number of likely N-dealkylation sites (tertiary alicyclic amines) is 2. The number of pyridine rings is 2. The summed E-state index contributed by atoms with van der Waals surface area (Å²) in [6.45, 7) is 6.87. The molecule has 11 nitrogen and oxygen atoms in total. The quantitative estimate of drug-likeness (QED) is 0.145. The van der Waals surface area contributed by atoms with Gasteiger partial charge in [-0.05, 0) is 105 Å². The average Bonchev–Trinajstić information content (AvgIpc) is 3.79. The molecule has 4 heterocycles. The number of hydrogen-bond acceptors (Lipinski definition) is 9. The second-order valence-corrected chi connectivity index (χ2v) is 13.5. The topological polar surface area (TPSA) is 135 Å². The number of hydrogen-bond donors (Lipinski definition) is 2. The minimum Gasteiger partial charge on any atom is -0.487 e. The van der Waals surface area contributed by atoms with E-state index in [1.54, 1.807) is 19.4 Å². The van der Waals surface area contributed by atoms with E-state index in [0.29, 0.717) is 61.4 Å². The molecule has 12 heteroatoms. The maximum Gasteiger partial charge on any atom is 0.320 e. The molecule has 0 spiro atoms. The molecule has 6 rings (SSSR count). The molecule has 0 amide bonds. The molecule has 0 unspecified atom stereocenters. The SMILES string of the molecule is COc1nc(COc2cccc(-c3cccc(OCc4ccc(CN5CCC[C@H]5C(=O)O)cn4)c3C)c2C)c(Cl)cc1CN1CCC[C@H]1C(=O)O. The lowest BCUT2D eigenvalue weighted by Crippen LogP contribution is -2.35. The van der Waals surface area contributed by atoms with Crippen LogP contribution in [0, 0.1) is 13.8 Å². The van der Waals surface area contributed by atoms with Gasteiger partial charge in [0.2, 0.25) is 5.88 Å². The average molecular weight is 715 g/mol. The fourth-order valence-electron chi connectivity index (χ4n) is 7.04. The Morgan fingerprint density at radius 3 is 1.98 bits per heavy atom. The molecule has 2 fully saturated rings. The van der Waals surface area contributed by atoms with Crippen LogP contribution in [-0.2, 0) is 35.9 Å². The Hall–Kier alpha value is -4.71. The third-order valence-electron chi connectivity index (χ3n) is 9.82. The first-order valence-electron chi connectivity index (χ1n) is 17.2. The highest BCUT2D eigenvalue weighted by Gasteiger charge is 2.32. The smallest absolute Gasteiger partial charge is 0.320 e. The van der Waals surface area contributed by atoms with Crippen LogP contribution in [-0.4, -0.2) is 74.2 Å². The van der Waals surface area contributed by atoms with Gasteiger partial charge in [0.1, 0.15) is 42.5 Å². The van der Waals surface area contributed by atoms with Gasteiger partial charge in [0, 0.05) is 24.8 Å². The summed E-state index contributed by atoms with van der Waals surface area (Å²) in [6.07, 6.45) is 4.81. The second kappa shape index (κ2) is 16.1. The van der Waals surface area contributed by atoms with Crippen LogP contribution in [0.4, 0.5) is 0 Å². The largest absolute Gasteiger partial charge is 0.487 e. The van der Waals surface area contributed by atoms with Crippen LogP contribution in [0.3, 0.4) is 0 Å². The van der Waals surface area contributed by atoms with Crippen molar-refractivity contribution in [2.45, 2.75) is 77.9 Å². The normalized spacial score (nSPS) is 17.8. The highest BCUT2D eigenvalue weighted by Crippen LogP contribution is 2.36. The second-order valence-electron chi connectivity index (χ2n) is 13.1. The third kappa shape index (κ3) is 8.27. The monoisotopic (exact) mass is 714 g/mol. The summed E-state index contributed by atoms with van der Waals surface area (Å²) < 4.78 is 18.1. The lowest BCUT2D eigenvalue weighted by Gasteiger charge is -2.22. The van der Waals surface area contributed by atoms with E-state index in [1.165, 1.54) is 0 Å². The van der Waals surface area contributed by atoms with Crippen LogP contribution in [0.15, 0.2) is 60.8 Å². The molecule has 2 aliphatic rings. The Kier molecular flexibility index (Phi) is 11.4. The number of carboxylic acid groups (broad SMARTS) is 2. The third-order valence-corrected chi connectivity index (χ3v) is 10.1. The summed E-state index contributed by atoms with van der Waals surface area (Å²) in [5.74, 6) is 0.241. The minimum absolute atomic E-state index is 0.118. The summed E-state index contributed by atoms with van der Waals surface area (Å²) in [4.78, 5) is 36.3. The summed E-state index contributed by atoms with van der Waals surface area (Å²) in [7, 11) is 1.54. The number of methoxy groups -OCH3 is 1. The molecule has 51 heavy (non-hydrogen) atoms. The van der Waals surface area contributed by atoms with Crippen molar-refractivity contribution in [3.63, 3.8) is 0 Å². The van der Waals surface area contributed by atoms with Gasteiger partial charge in [-0.2, -0.15) is 0 Å². The van der Waals surface area contributed by atoms with Crippen molar-refractivity contribution < 1.29 is 34.0 Å². The fourth-order valence-corrected chi connectivity index (χ4v) is 7.27. The first-order chi connectivity index (χ1) is 24.6. The zero-order valence-electron chi connectivity index (χ0n) is 29.1. The van der Waals surface area contributed by atoms with Gasteiger partial charge < -0.3 is 24.4 Å². The molecule has 2 atom stereocenters. The molecule has 2 saturated heterocycles. The van der Waals surface area contributed by atoms with Gasteiger partial charge in [-0.1, -0.05) is 41.9 Å². The predicted molar refractivity (Wildman–Crippen MR) is 192 cm³/mol. The number of carboxylic acids is 2. The van der Waals surface area contributed by atoms with Crippen molar-refractivity contribution in [1.82, 2.24) is 19.8 Å². The Morgan fingerprint density at radius 1 is 0.843 bits per heavy atom. The van der Waals surface area contributed by atoms with Crippen molar-refractivity contribution in [1.29, 1.82) is 0 Å². The van der Waals surface area contributed by atoms with E-state index in [4.69, 9.17) is 25.8 Å². The molecule has 0 aliphatic carbocycles. The van der Waals surface area contributed by atoms with E-state index < -0.39 is 24.0 Å². The van der Waals surface area contributed by atoms with Crippen LogP contribution < -0.4 is 14.2 Å². The van der Waals surface area contributed by atoms with Crippen LogP contribution in [0.25, 0.3) is 11.1 Å². The predicted octanol–water partition coefficient (Wildman–Crippen LogP) is 6.68. The number of halogens is 1. The Morgan fingerprint density at radius 2 is 1.43 bits per heavy atom. The van der Waals surface area contributed by atoms with Crippen LogP contribution in [0.2, 0.25) is 5.02 Å². The van der Waals surface area contributed by atoms with Crippen LogP contribution in [0.1, 0.15) is 59.3 Å². The van der Waals surface area contributed by atoms with Crippen molar-refractivity contribution in [3.8, 4) is 28.5 Å². The highest BCUT2D eigenvalue weighted by atomic mass is 35.5. The minimum atomic E-state index is -0.824. The maximum absolute atomic E-state index is 11.7. The van der Waals surface area contributed by atoms with E-state index in [2.05, 4.69) is 22.1 Å². The van der Waals surface area contributed by atoms with Gasteiger partial charge in [-0.3, -0.25) is 24.4 Å². The van der Waals surface area contributed by atoms with E-state index in [0.717, 1.165) is 64.2 Å². The molecule has 268 valence electrons. The number of nitrogens with zero attached hydrogens (tertiary/aromatic N) is 4. The van der Waals surface area contributed by atoms with Crippen molar-refractivity contribution >= 4 is 23.5 Å². The summed E-state index contributed by atoms with van der Waals surface area (Å²) in [5.41, 5.74) is 6.96. The molecule has 2 aromatic carbocycles. The first kappa shape index (κ1) is 36.1. The van der Waals surface area contributed by atoms with Crippen molar-refractivity contribution in [2.75, 3.05) is 20.2 Å². The van der Waals surface area contributed by atoms with Gasteiger partial charge in [-0.15, -0.1) is 0 Å². The molecule has 4 aromatic rings. The van der Waals surface area contributed by atoms with Gasteiger partial charge in [0.15, 0.2) is 0 Å². The lowest BCUT2D eigenvalue weighted by atomic mass is 9.95. The molecule has 2 aliphatic heterocycles.